The maximum Gasteiger partial charge on any atom is 0.197 e. The number of rotatable bonds is 7. The van der Waals surface area contributed by atoms with Crippen LogP contribution in [0.15, 0.2) is 30.3 Å². The Hall–Kier alpha value is -1.57. The number of hydrogen-bond donors (Lipinski definition) is 2. The first-order chi connectivity index (χ1) is 12.1. The van der Waals surface area contributed by atoms with E-state index in [-0.39, 0.29) is 0 Å². The number of aryl methyl sites for hydroxylation is 3. The van der Waals surface area contributed by atoms with Gasteiger partial charge < -0.3 is 10.00 Å². The summed E-state index contributed by atoms with van der Waals surface area (Å²) >= 11 is 0. The summed E-state index contributed by atoms with van der Waals surface area (Å²) in [6, 6.07) is 10.3. The fourth-order valence-electron chi connectivity index (χ4n) is 3.46. The zero-order valence-corrected chi connectivity index (χ0v) is 17.4. The Morgan fingerprint density at radius 1 is 1.04 bits per heavy atom. The lowest BCUT2D eigenvalue weighted by Crippen LogP contribution is -2.00. The third-order valence-electron chi connectivity index (χ3n) is 4.89. The largest absolute Gasteiger partial charge is 0.508 e. The topological polar surface area (TPSA) is 57.5 Å². The minimum atomic E-state index is -2.92. The quantitative estimate of drug-likeness (QED) is 0.624. The number of phenolic OH excluding ortho intramolecular Hbond substituents is 1. The Morgan fingerprint density at radius 3 is 2.19 bits per heavy atom. The van der Waals surface area contributed by atoms with E-state index in [1.165, 1.54) is 34.5 Å². The second-order valence-corrected chi connectivity index (χ2v) is 10.4. The molecule has 1 atom stereocenters. The van der Waals surface area contributed by atoms with E-state index >= 15 is 0 Å². The molecule has 0 saturated heterocycles. The zero-order valence-electron chi connectivity index (χ0n) is 16.5. The van der Waals surface area contributed by atoms with Gasteiger partial charge in [0.1, 0.15) is 5.75 Å². The summed E-state index contributed by atoms with van der Waals surface area (Å²) in [6.07, 6.45) is 2.78. The molecule has 142 valence electrons. The van der Waals surface area contributed by atoms with Crippen molar-refractivity contribution in [1.82, 2.24) is 0 Å². The monoisotopic (exact) mass is 374 g/mol. The van der Waals surface area contributed by atoms with Crippen molar-refractivity contribution in [3.63, 3.8) is 0 Å². The van der Waals surface area contributed by atoms with E-state index in [2.05, 4.69) is 45.9 Å². The fourth-order valence-corrected chi connectivity index (χ4v) is 4.21. The van der Waals surface area contributed by atoms with Crippen LogP contribution in [0, 0.1) is 13.8 Å². The van der Waals surface area contributed by atoms with E-state index in [0.29, 0.717) is 17.8 Å². The average Bonchev–Trinajstić information content (AvgIpc) is 2.51. The van der Waals surface area contributed by atoms with Crippen LogP contribution in [0.2, 0.25) is 0 Å². The summed E-state index contributed by atoms with van der Waals surface area (Å²) in [5.41, 5.74) is 7.24. The molecule has 0 amide bonds. The maximum atomic E-state index is 11.4. The van der Waals surface area contributed by atoms with Gasteiger partial charge in [0.25, 0.3) is 0 Å². The van der Waals surface area contributed by atoms with Crippen molar-refractivity contribution < 1.29 is 14.6 Å². The third-order valence-corrected chi connectivity index (χ3v) is 6.04. The van der Waals surface area contributed by atoms with Crippen LogP contribution in [-0.2, 0) is 17.4 Å². The average molecular weight is 374 g/mol. The molecule has 0 aromatic heterocycles. The maximum absolute atomic E-state index is 11.4. The summed E-state index contributed by atoms with van der Waals surface area (Å²) in [6.45, 7) is 9.87. The summed E-state index contributed by atoms with van der Waals surface area (Å²) in [7, 11) is -2.92. The Morgan fingerprint density at radius 2 is 1.65 bits per heavy atom. The number of aromatic hydroxyl groups is 1. The van der Waals surface area contributed by atoms with Crippen molar-refractivity contribution in [3.8, 4) is 5.75 Å². The first-order valence-electron chi connectivity index (χ1n) is 9.27. The van der Waals surface area contributed by atoms with Gasteiger partial charge in [0.2, 0.25) is 0 Å². The second-order valence-electron chi connectivity index (χ2n) is 7.81. The Balaban J connectivity index is 2.18. The molecule has 26 heavy (non-hydrogen) atoms. The van der Waals surface area contributed by atoms with Gasteiger partial charge in [-0.2, -0.15) is 0 Å². The number of benzene rings is 2. The second kappa shape index (κ2) is 8.41. The first-order valence-corrected chi connectivity index (χ1v) is 11.6. The molecule has 0 saturated carbocycles. The highest BCUT2D eigenvalue weighted by Crippen LogP contribution is 2.36. The van der Waals surface area contributed by atoms with E-state index in [0.717, 1.165) is 24.8 Å². The van der Waals surface area contributed by atoms with Crippen molar-refractivity contribution in [2.45, 2.75) is 52.9 Å². The molecular formula is C22H31O3P. The summed E-state index contributed by atoms with van der Waals surface area (Å²) in [5, 5.41) is 10.0. The molecular weight excluding hydrogens is 343 g/mol. The van der Waals surface area contributed by atoms with E-state index in [9.17, 15) is 14.6 Å². The zero-order chi connectivity index (χ0) is 19.5. The Bertz CT molecular complexity index is 795. The van der Waals surface area contributed by atoms with Crippen LogP contribution in [-0.4, -0.2) is 22.8 Å². The smallest absolute Gasteiger partial charge is 0.197 e. The highest BCUT2D eigenvalue weighted by atomic mass is 31.2. The standard InChI is InChI=1S/C22H31O3P/c1-15(2)20-13-19(8-9-22(20)23)14-21-16(3)11-18(12-17(21)4)7-6-10-26(5,24)25/h8-9,11-13,15,23H,6-7,10,14H2,1-5H3,(H,24,25). The molecule has 2 rings (SSSR count). The van der Waals surface area contributed by atoms with Crippen LogP contribution in [0.3, 0.4) is 0 Å². The van der Waals surface area contributed by atoms with Crippen molar-refractivity contribution in [2.24, 2.45) is 0 Å². The van der Waals surface area contributed by atoms with Crippen molar-refractivity contribution >= 4 is 7.37 Å². The van der Waals surface area contributed by atoms with Gasteiger partial charge in [0.05, 0.1) is 0 Å². The molecule has 0 bridgehead atoms. The van der Waals surface area contributed by atoms with Gasteiger partial charge in [-0.1, -0.05) is 38.1 Å². The molecule has 3 nitrogen and oxygen atoms in total. The molecule has 2 N–H and O–H groups in total. The lowest BCUT2D eigenvalue weighted by Gasteiger charge is -2.15. The van der Waals surface area contributed by atoms with Crippen molar-refractivity contribution in [2.75, 3.05) is 12.8 Å². The van der Waals surface area contributed by atoms with Gasteiger partial charge in [0, 0.05) is 12.8 Å². The van der Waals surface area contributed by atoms with E-state index in [1.54, 1.807) is 6.07 Å². The molecule has 0 radical (unpaired) electrons. The number of phenols is 1. The molecule has 2 aromatic rings. The van der Waals surface area contributed by atoms with Crippen LogP contribution < -0.4 is 0 Å². The molecule has 0 heterocycles. The minimum Gasteiger partial charge on any atom is -0.508 e. The summed E-state index contributed by atoms with van der Waals surface area (Å²) in [5.74, 6) is 0.658. The highest BCUT2D eigenvalue weighted by molar-refractivity contribution is 7.57. The van der Waals surface area contributed by atoms with Gasteiger partial charge in [-0.3, -0.25) is 4.57 Å². The van der Waals surface area contributed by atoms with Gasteiger partial charge in [-0.25, -0.2) is 0 Å². The van der Waals surface area contributed by atoms with E-state index in [4.69, 9.17) is 0 Å². The predicted molar refractivity (Wildman–Crippen MR) is 110 cm³/mol. The predicted octanol–water partition coefficient (Wildman–Crippen LogP) is 5.56. The molecule has 0 aliphatic rings. The van der Waals surface area contributed by atoms with Crippen LogP contribution in [0.4, 0.5) is 0 Å². The summed E-state index contributed by atoms with van der Waals surface area (Å²) < 4.78 is 11.4. The lowest BCUT2D eigenvalue weighted by molar-refractivity contribution is 0.464. The molecule has 4 heteroatoms. The fraction of sp³-hybridized carbons (Fsp3) is 0.455. The van der Waals surface area contributed by atoms with Crippen LogP contribution in [0.1, 0.15) is 59.6 Å². The highest BCUT2D eigenvalue weighted by Gasteiger charge is 2.12. The molecule has 2 aromatic carbocycles. The van der Waals surface area contributed by atoms with Gasteiger partial charge in [-0.05, 0) is 78.5 Å². The molecule has 0 fully saturated rings. The van der Waals surface area contributed by atoms with Crippen LogP contribution in [0.25, 0.3) is 0 Å². The Kier molecular flexibility index (Phi) is 6.71. The van der Waals surface area contributed by atoms with Crippen LogP contribution in [0.5, 0.6) is 5.75 Å². The molecule has 0 aliphatic heterocycles. The molecule has 1 unspecified atom stereocenters. The van der Waals surface area contributed by atoms with E-state index in [1.807, 2.05) is 6.07 Å². The normalized spacial score (nSPS) is 13.8. The molecule has 0 aliphatic carbocycles. The summed E-state index contributed by atoms with van der Waals surface area (Å²) in [4.78, 5) is 9.43. The first kappa shape index (κ1) is 20.7. The number of hydrogen-bond acceptors (Lipinski definition) is 2. The lowest BCUT2D eigenvalue weighted by atomic mass is 9.91. The minimum absolute atomic E-state index is 0.292. The third kappa shape index (κ3) is 5.72. The van der Waals surface area contributed by atoms with Gasteiger partial charge in [-0.15, -0.1) is 0 Å². The Labute approximate surface area is 157 Å². The van der Waals surface area contributed by atoms with Gasteiger partial charge >= 0.3 is 0 Å². The van der Waals surface area contributed by atoms with Crippen molar-refractivity contribution in [3.05, 3.63) is 63.7 Å². The van der Waals surface area contributed by atoms with Gasteiger partial charge in [0.15, 0.2) is 7.37 Å². The van der Waals surface area contributed by atoms with Crippen molar-refractivity contribution in [1.29, 1.82) is 0 Å². The van der Waals surface area contributed by atoms with E-state index < -0.39 is 7.37 Å². The molecule has 0 spiro atoms. The SMILES string of the molecule is Cc1cc(CCCP(C)(=O)O)cc(C)c1Cc1ccc(O)c(C(C)C)c1. The van der Waals surface area contributed by atoms with Crippen LogP contribution >= 0.6 is 7.37 Å².